The molecule has 0 fully saturated rings. The van der Waals surface area contributed by atoms with Gasteiger partial charge in [0.25, 0.3) is 0 Å². The van der Waals surface area contributed by atoms with Crippen molar-refractivity contribution >= 4 is 23.4 Å². The molecule has 0 bridgehead atoms. The number of aromatic nitrogens is 3. The molecule has 0 atom stereocenters. The van der Waals surface area contributed by atoms with Gasteiger partial charge in [0.1, 0.15) is 0 Å². The minimum Gasteiger partial charge on any atom is -0.270 e. The van der Waals surface area contributed by atoms with Crippen LogP contribution in [0, 0.1) is 25.2 Å². The van der Waals surface area contributed by atoms with Crippen molar-refractivity contribution in [1.29, 1.82) is 5.26 Å². The van der Waals surface area contributed by atoms with Gasteiger partial charge in [-0.15, -0.1) is 10.2 Å². The van der Waals surface area contributed by atoms with E-state index in [1.807, 2.05) is 24.3 Å². The molecule has 1 aromatic heterocycles. The highest BCUT2D eigenvalue weighted by Crippen LogP contribution is 2.31. The minimum absolute atomic E-state index is 0.469. The van der Waals surface area contributed by atoms with Crippen LogP contribution in [0.5, 0.6) is 0 Å². The first-order chi connectivity index (χ1) is 12.1. The summed E-state index contributed by atoms with van der Waals surface area (Å²) in [5.74, 6) is 1.42. The van der Waals surface area contributed by atoms with Crippen molar-refractivity contribution in [3.63, 3.8) is 0 Å². The van der Waals surface area contributed by atoms with E-state index >= 15 is 0 Å². The fourth-order valence-corrected chi connectivity index (χ4v) is 3.52. The van der Waals surface area contributed by atoms with Gasteiger partial charge in [-0.05, 0) is 43.2 Å². The summed E-state index contributed by atoms with van der Waals surface area (Å²) in [5, 5.41) is 19.0. The van der Waals surface area contributed by atoms with Gasteiger partial charge in [-0.2, -0.15) is 5.26 Å². The molecule has 0 saturated carbocycles. The van der Waals surface area contributed by atoms with Crippen molar-refractivity contribution in [3.05, 3.63) is 58.6 Å². The zero-order valence-corrected chi connectivity index (χ0v) is 15.6. The van der Waals surface area contributed by atoms with E-state index in [2.05, 4.69) is 52.9 Å². The maximum absolute atomic E-state index is 8.80. The molecule has 0 aliphatic heterocycles. The summed E-state index contributed by atoms with van der Waals surface area (Å²) < 4.78 is 2.05. The molecule has 126 valence electrons. The van der Waals surface area contributed by atoms with E-state index in [0.717, 1.165) is 27.8 Å². The summed E-state index contributed by atoms with van der Waals surface area (Å²) in [6.07, 6.45) is 0.469. The van der Waals surface area contributed by atoms with Crippen LogP contribution in [0.25, 0.3) is 17.1 Å². The van der Waals surface area contributed by atoms with Gasteiger partial charge >= 0.3 is 0 Å². The van der Waals surface area contributed by atoms with Gasteiger partial charge in [0.15, 0.2) is 11.0 Å². The highest BCUT2D eigenvalue weighted by Gasteiger charge is 2.17. The summed E-state index contributed by atoms with van der Waals surface area (Å²) in [7, 11) is 0. The van der Waals surface area contributed by atoms with Gasteiger partial charge in [0, 0.05) is 22.8 Å². The Balaban J connectivity index is 2.16. The standard InChI is InChI=1S/C19H17ClN4S/c1-13-7-8-14(2)17(11-13)24-18(15-5-3-6-16(20)12-15)22-23-19(24)25-10-4-9-21/h3,5-8,11-12H,4,10H2,1-2H3. The number of aryl methyl sites for hydroxylation is 2. The van der Waals surface area contributed by atoms with Gasteiger partial charge in [-0.25, -0.2) is 0 Å². The van der Waals surface area contributed by atoms with E-state index < -0.39 is 0 Å². The lowest BCUT2D eigenvalue weighted by Crippen LogP contribution is -2.02. The summed E-state index contributed by atoms with van der Waals surface area (Å²) in [6.45, 7) is 4.13. The first-order valence-electron chi connectivity index (χ1n) is 7.89. The van der Waals surface area contributed by atoms with Gasteiger partial charge in [-0.3, -0.25) is 4.57 Å². The van der Waals surface area contributed by atoms with Gasteiger partial charge < -0.3 is 0 Å². The summed E-state index contributed by atoms with van der Waals surface area (Å²) in [6, 6.07) is 16.1. The minimum atomic E-state index is 0.469. The molecule has 0 aliphatic carbocycles. The second kappa shape index (κ2) is 7.73. The SMILES string of the molecule is Cc1ccc(C)c(-n2c(SCCC#N)nnc2-c2cccc(Cl)c2)c1. The number of nitriles is 1. The van der Waals surface area contributed by atoms with Gasteiger partial charge in [0.05, 0.1) is 11.8 Å². The Morgan fingerprint density at radius 2 is 2.00 bits per heavy atom. The Kier molecular flexibility index (Phi) is 5.42. The normalized spacial score (nSPS) is 10.6. The van der Waals surface area contributed by atoms with Crippen LogP contribution in [0.4, 0.5) is 0 Å². The number of nitrogens with zero attached hydrogens (tertiary/aromatic N) is 4. The van der Waals surface area contributed by atoms with E-state index in [9.17, 15) is 0 Å². The summed E-state index contributed by atoms with van der Waals surface area (Å²) >= 11 is 7.69. The molecule has 6 heteroatoms. The zero-order valence-electron chi connectivity index (χ0n) is 14.0. The second-order valence-corrected chi connectivity index (χ2v) is 7.20. The van der Waals surface area contributed by atoms with Gasteiger partial charge in [-0.1, -0.05) is 47.6 Å². The molecule has 0 amide bonds. The smallest absolute Gasteiger partial charge is 0.196 e. The second-order valence-electron chi connectivity index (χ2n) is 5.70. The first-order valence-corrected chi connectivity index (χ1v) is 9.25. The summed E-state index contributed by atoms with van der Waals surface area (Å²) in [4.78, 5) is 0. The summed E-state index contributed by atoms with van der Waals surface area (Å²) in [5.41, 5.74) is 4.25. The maximum Gasteiger partial charge on any atom is 0.196 e. The molecule has 1 heterocycles. The lowest BCUT2D eigenvalue weighted by Gasteiger charge is -2.13. The monoisotopic (exact) mass is 368 g/mol. The Labute approximate surface area is 156 Å². The molecular weight excluding hydrogens is 352 g/mol. The third-order valence-corrected chi connectivity index (χ3v) is 4.93. The van der Waals surface area contributed by atoms with Crippen molar-refractivity contribution in [2.75, 3.05) is 5.75 Å². The van der Waals surface area contributed by atoms with Crippen LogP contribution in [0.1, 0.15) is 17.5 Å². The molecule has 0 unspecified atom stereocenters. The van der Waals surface area contributed by atoms with Crippen LogP contribution in [-0.4, -0.2) is 20.5 Å². The molecule has 3 aromatic rings. The van der Waals surface area contributed by atoms with Crippen LogP contribution in [0.2, 0.25) is 5.02 Å². The number of rotatable bonds is 5. The molecule has 0 N–H and O–H groups in total. The first kappa shape index (κ1) is 17.5. The highest BCUT2D eigenvalue weighted by molar-refractivity contribution is 7.99. The number of benzene rings is 2. The lowest BCUT2D eigenvalue weighted by molar-refractivity contribution is 0.879. The third kappa shape index (κ3) is 3.87. The number of thioether (sulfide) groups is 1. The van der Waals surface area contributed by atoms with Crippen molar-refractivity contribution in [3.8, 4) is 23.1 Å². The zero-order chi connectivity index (χ0) is 17.8. The van der Waals surface area contributed by atoms with Crippen molar-refractivity contribution in [1.82, 2.24) is 14.8 Å². The Hall–Kier alpha value is -2.29. The fourth-order valence-electron chi connectivity index (χ4n) is 2.54. The van der Waals surface area contributed by atoms with Crippen molar-refractivity contribution < 1.29 is 0 Å². The average molecular weight is 369 g/mol. The largest absolute Gasteiger partial charge is 0.270 e. The Bertz CT molecular complexity index is 943. The molecular formula is C19H17ClN4S. The predicted octanol–water partition coefficient (Wildman–Crippen LogP) is 5.21. The molecule has 0 radical (unpaired) electrons. The molecule has 25 heavy (non-hydrogen) atoms. The van der Waals surface area contributed by atoms with Crippen LogP contribution in [0.15, 0.2) is 47.6 Å². The predicted molar refractivity (Wildman–Crippen MR) is 102 cm³/mol. The van der Waals surface area contributed by atoms with E-state index in [0.29, 0.717) is 17.2 Å². The molecule has 3 rings (SSSR count). The fraction of sp³-hybridized carbons (Fsp3) is 0.211. The van der Waals surface area contributed by atoms with E-state index in [1.54, 1.807) is 0 Å². The third-order valence-electron chi connectivity index (χ3n) is 3.77. The highest BCUT2D eigenvalue weighted by atomic mass is 35.5. The average Bonchev–Trinajstić information content (AvgIpc) is 3.01. The number of hydrogen-bond donors (Lipinski definition) is 0. The number of hydrogen-bond acceptors (Lipinski definition) is 4. The molecule has 0 aliphatic rings. The molecule has 0 saturated heterocycles. The topological polar surface area (TPSA) is 54.5 Å². The van der Waals surface area contributed by atoms with E-state index in [4.69, 9.17) is 16.9 Å². The maximum atomic E-state index is 8.80. The Morgan fingerprint density at radius 1 is 1.16 bits per heavy atom. The van der Waals surface area contributed by atoms with Crippen LogP contribution in [0.3, 0.4) is 0 Å². The lowest BCUT2D eigenvalue weighted by atomic mass is 10.1. The van der Waals surface area contributed by atoms with Crippen LogP contribution < -0.4 is 0 Å². The molecule has 4 nitrogen and oxygen atoms in total. The van der Waals surface area contributed by atoms with Crippen LogP contribution in [-0.2, 0) is 0 Å². The number of halogens is 1. The Morgan fingerprint density at radius 3 is 2.76 bits per heavy atom. The van der Waals surface area contributed by atoms with Crippen LogP contribution >= 0.6 is 23.4 Å². The van der Waals surface area contributed by atoms with E-state index in [-0.39, 0.29) is 0 Å². The van der Waals surface area contributed by atoms with Gasteiger partial charge in [0.2, 0.25) is 0 Å². The van der Waals surface area contributed by atoms with E-state index in [1.165, 1.54) is 17.3 Å². The van der Waals surface area contributed by atoms with Crippen molar-refractivity contribution in [2.45, 2.75) is 25.4 Å². The quantitative estimate of drug-likeness (QED) is 0.458. The molecule has 0 spiro atoms. The van der Waals surface area contributed by atoms with Crippen molar-refractivity contribution in [2.24, 2.45) is 0 Å². The molecule has 2 aromatic carbocycles.